The molecule has 0 radical (unpaired) electrons. The van der Waals surface area contributed by atoms with Gasteiger partial charge in [0.05, 0.1) is 11.6 Å². The van der Waals surface area contributed by atoms with Crippen LogP contribution in [0.25, 0.3) is 0 Å². The molecule has 0 aliphatic carbocycles. The quantitative estimate of drug-likeness (QED) is 0.804. The molecule has 1 aromatic carbocycles. The molecule has 4 heteroatoms. The Morgan fingerprint density at radius 2 is 1.90 bits per heavy atom. The van der Waals surface area contributed by atoms with Crippen LogP contribution in [-0.2, 0) is 0 Å². The maximum absolute atomic E-state index is 8.75. The van der Waals surface area contributed by atoms with Gasteiger partial charge in [-0.2, -0.15) is 5.26 Å². The molecule has 0 unspecified atom stereocenters. The number of piperidine rings is 1. The Morgan fingerprint density at radius 3 is 2.48 bits per heavy atom. The fourth-order valence-corrected chi connectivity index (χ4v) is 2.83. The standard InChI is InChI=1S/C17H25N3O/c1-19(2)14-16-7-9-20(10-8-16)11-12-21-17-5-3-15(13-18)4-6-17/h3-6,16H,7-12,14H2,1-2H3. The van der Waals surface area contributed by atoms with Gasteiger partial charge in [-0.3, -0.25) is 4.90 Å². The summed E-state index contributed by atoms with van der Waals surface area (Å²) in [5, 5.41) is 8.75. The molecule has 2 rings (SSSR count). The summed E-state index contributed by atoms with van der Waals surface area (Å²) >= 11 is 0. The predicted octanol–water partition coefficient (Wildman–Crippen LogP) is 2.21. The van der Waals surface area contributed by atoms with Crippen molar-refractivity contribution in [3.05, 3.63) is 29.8 Å². The fraction of sp³-hybridized carbons (Fsp3) is 0.588. The number of hydrogen-bond donors (Lipinski definition) is 0. The highest BCUT2D eigenvalue weighted by Gasteiger charge is 2.19. The molecule has 1 aromatic rings. The Hall–Kier alpha value is -1.57. The van der Waals surface area contributed by atoms with Gasteiger partial charge in [-0.05, 0) is 70.2 Å². The molecule has 0 saturated carbocycles. The average molecular weight is 287 g/mol. The van der Waals surface area contributed by atoms with Gasteiger partial charge >= 0.3 is 0 Å². The van der Waals surface area contributed by atoms with Gasteiger partial charge in [-0.25, -0.2) is 0 Å². The SMILES string of the molecule is CN(C)CC1CCN(CCOc2ccc(C#N)cc2)CC1. The van der Waals surface area contributed by atoms with E-state index in [2.05, 4.69) is 30.0 Å². The Labute approximate surface area is 127 Å². The summed E-state index contributed by atoms with van der Waals surface area (Å²) in [6, 6.07) is 9.43. The third-order valence-electron chi connectivity index (χ3n) is 3.99. The van der Waals surface area contributed by atoms with E-state index in [4.69, 9.17) is 10.00 Å². The van der Waals surface area contributed by atoms with E-state index >= 15 is 0 Å². The van der Waals surface area contributed by atoms with Crippen molar-refractivity contribution in [3.8, 4) is 11.8 Å². The van der Waals surface area contributed by atoms with Crippen molar-refractivity contribution in [2.75, 3.05) is 46.9 Å². The number of likely N-dealkylation sites (tertiary alicyclic amines) is 1. The Morgan fingerprint density at radius 1 is 1.24 bits per heavy atom. The van der Waals surface area contributed by atoms with Crippen LogP contribution in [0.4, 0.5) is 0 Å². The van der Waals surface area contributed by atoms with Crippen molar-refractivity contribution in [3.63, 3.8) is 0 Å². The van der Waals surface area contributed by atoms with Gasteiger partial charge < -0.3 is 9.64 Å². The number of ether oxygens (including phenoxy) is 1. The van der Waals surface area contributed by atoms with E-state index < -0.39 is 0 Å². The molecule has 0 N–H and O–H groups in total. The lowest BCUT2D eigenvalue weighted by atomic mass is 9.96. The summed E-state index contributed by atoms with van der Waals surface area (Å²) in [5.74, 6) is 1.69. The number of nitriles is 1. The summed E-state index contributed by atoms with van der Waals surface area (Å²) < 4.78 is 5.74. The van der Waals surface area contributed by atoms with Crippen LogP contribution in [0.5, 0.6) is 5.75 Å². The van der Waals surface area contributed by atoms with Crippen LogP contribution in [-0.4, -0.2) is 56.7 Å². The molecule has 1 aliphatic rings. The number of nitrogens with zero attached hydrogens (tertiary/aromatic N) is 3. The normalized spacial score (nSPS) is 16.9. The first kappa shape index (κ1) is 15.8. The number of benzene rings is 1. The molecule has 4 nitrogen and oxygen atoms in total. The van der Waals surface area contributed by atoms with Gasteiger partial charge in [-0.15, -0.1) is 0 Å². The highest BCUT2D eigenvalue weighted by molar-refractivity contribution is 5.34. The topological polar surface area (TPSA) is 39.5 Å². The molecular weight excluding hydrogens is 262 g/mol. The Balaban J connectivity index is 1.64. The molecule has 0 aromatic heterocycles. The molecule has 1 aliphatic heterocycles. The molecule has 1 fully saturated rings. The van der Waals surface area contributed by atoms with Gasteiger partial charge in [0.15, 0.2) is 0 Å². The zero-order chi connectivity index (χ0) is 15.1. The van der Waals surface area contributed by atoms with Crippen LogP contribution >= 0.6 is 0 Å². The van der Waals surface area contributed by atoms with E-state index in [0.717, 1.165) is 18.2 Å². The van der Waals surface area contributed by atoms with Crippen LogP contribution in [0.15, 0.2) is 24.3 Å². The van der Waals surface area contributed by atoms with Crippen molar-refractivity contribution in [1.82, 2.24) is 9.80 Å². The highest BCUT2D eigenvalue weighted by atomic mass is 16.5. The second-order valence-electron chi connectivity index (χ2n) is 6.03. The van der Waals surface area contributed by atoms with Crippen molar-refractivity contribution >= 4 is 0 Å². The maximum Gasteiger partial charge on any atom is 0.119 e. The molecule has 0 amide bonds. The van der Waals surface area contributed by atoms with Crippen LogP contribution < -0.4 is 4.74 Å². The van der Waals surface area contributed by atoms with E-state index in [0.29, 0.717) is 12.2 Å². The van der Waals surface area contributed by atoms with E-state index in [9.17, 15) is 0 Å². The largest absolute Gasteiger partial charge is 0.492 e. The molecule has 1 saturated heterocycles. The predicted molar refractivity (Wildman–Crippen MR) is 84.4 cm³/mol. The molecule has 0 bridgehead atoms. The van der Waals surface area contributed by atoms with Crippen molar-refractivity contribution < 1.29 is 4.74 Å². The minimum atomic E-state index is 0.672. The molecular formula is C17H25N3O. The third-order valence-corrected chi connectivity index (χ3v) is 3.99. The van der Waals surface area contributed by atoms with E-state index in [1.165, 1.54) is 32.5 Å². The zero-order valence-corrected chi connectivity index (χ0v) is 13.1. The van der Waals surface area contributed by atoms with Crippen molar-refractivity contribution in [1.29, 1.82) is 5.26 Å². The van der Waals surface area contributed by atoms with Gasteiger partial charge in [0.2, 0.25) is 0 Å². The summed E-state index contributed by atoms with van der Waals surface area (Å²) in [6.07, 6.45) is 2.57. The van der Waals surface area contributed by atoms with Crippen LogP contribution in [0.3, 0.4) is 0 Å². The molecule has 0 atom stereocenters. The number of hydrogen-bond acceptors (Lipinski definition) is 4. The first-order chi connectivity index (χ1) is 10.2. The van der Waals surface area contributed by atoms with Gasteiger partial charge in [0.1, 0.15) is 12.4 Å². The van der Waals surface area contributed by atoms with E-state index in [-0.39, 0.29) is 0 Å². The zero-order valence-electron chi connectivity index (χ0n) is 13.1. The second-order valence-corrected chi connectivity index (χ2v) is 6.03. The summed E-state index contributed by atoms with van der Waals surface area (Å²) in [6.45, 7) is 5.25. The molecule has 21 heavy (non-hydrogen) atoms. The van der Waals surface area contributed by atoms with Gasteiger partial charge in [0, 0.05) is 13.1 Å². The van der Waals surface area contributed by atoms with Crippen molar-refractivity contribution in [2.24, 2.45) is 5.92 Å². The first-order valence-corrected chi connectivity index (χ1v) is 7.67. The monoisotopic (exact) mass is 287 g/mol. The maximum atomic E-state index is 8.75. The van der Waals surface area contributed by atoms with Gasteiger partial charge in [0.25, 0.3) is 0 Å². The molecule has 1 heterocycles. The average Bonchev–Trinajstić information content (AvgIpc) is 2.49. The highest BCUT2D eigenvalue weighted by Crippen LogP contribution is 2.17. The summed E-state index contributed by atoms with van der Waals surface area (Å²) in [5.41, 5.74) is 0.672. The minimum absolute atomic E-state index is 0.672. The minimum Gasteiger partial charge on any atom is -0.492 e. The van der Waals surface area contributed by atoms with Gasteiger partial charge in [-0.1, -0.05) is 0 Å². The third kappa shape index (κ3) is 5.37. The summed E-state index contributed by atoms with van der Waals surface area (Å²) in [4.78, 5) is 4.77. The summed E-state index contributed by atoms with van der Waals surface area (Å²) in [7, 11) is 4.30. The lowest BCUT2D eigenvalue weighted by molar-refractivity contribution is 0.141. The van der Waals surface area contributed by atoms with E-state index in [1.807, 2.05) is 12.1 Å². The molecule has 114 valence electrons. The second kappa shape index (κ2) is 8.02. The lowest BCUT2D eigenvalue weighted by Gasteiger charge is -2.33. The van der Waals surface area contributed by atoms with Crippen LogP contribution in [0.1, 0.15) is 18.4 Å². The number of rotatable bonds is 6. The van der Waals surface area contributed by atoms with Crippen LogP contribution in [0, 0.1) is 17.2 Å². The van der Waals surface area contributed by atoms with Crippen molar-refractivity contribution in [2.45, 2.75) is 12.8 Å². The fourth-order valence-electron chi connectivity index (χ4n) is 2.83. The van der Waals surface area contributed by atoms with Crippen LogP contribution in [0.2, 0.25) is 0 Å². The van der Waals surface area contributed by atoms with E-state index in [1.54, 1.807) is 12.1 Å². The Kier molecular flexibility index (Phi) is 6.04. The smallest absolute Gasteiger partial charge is 0.119 e. The lowest BCUT2D eigenvalue weighted by Crippen LogP contribution is -2.39. The molecule has 0 spiro atoms. The Bertz CT molecular complexity index is 456. The first-order valence-electron chi connectivity index (χ1n) is 7.67.